The molecule has 0 heterocycles. The number of alkyl halides is 3. The van der Waals surface area contributed by atoms with Gasteiger partial charge >= 0.3 is 12.2 Å². The predicted octanol–water partition coefficient (Wildman–Crippen LogP) is 0.707. The molecule has 0 aliphatic heterocycles. The van der Waals surface area contributed by atoms with Crippen LogP contribution in [-0.2, 0) is 0 Å². The molecular weight excluding hydrogens is 165 g/mol. The Bertz CT molecular complexity index is 158. The minimum Gasteiger partial charge on any atom is -0.350 e. The van der Waals surface area contributed by atoms with E-state index in [0.29, 0.717) is 6.92 Å². The fraction of sp³-hybridized carbons (Fsp3) is 0.750. The number of carbonyl (C=O) groups excluding carboxylic acids is 1. The fourth-order valence-electron chi connectivity index (χ4n) is 0.330. The first-order chi connectivity index (χ1) is 4.76. The molecule has 1 atom stereocenters. The van der Waals surface area contributed by atoms with Crippen molar-refractivity contribution in [2.75, 3.05) is 0 Å². The summed E-state index contributed by atoms with van der Waals surface area (Å²) in [6, 6.07) is -3.81. The molecule has 0 aliphatic carbocycles. The first-order valence-corrected chi connectivity index (χ1v) is 2.61. The van der Waals surface area contributed by atoms with Crippen molar-refractivity contribution >= 4 is 6.03 Å². The highest BCUT2D eigenvalue weighted by atomic mass is 19.4. The minimum atomic E-state index is -4.66. The number of halogens is 3. The van der Waals surface area contributed by atoms with Crippen LogP contribution in [0.2, 0.25) is 0 Å². The Hall–Kier alpha value is -0.980. The van der Waals surface area contributed by atoms with Gasteiger partial charge in [0.05, 0.1) is 0 Å². The summed E-state index contributed by atoms with van der Waals surface area (Å²) in [4.78, 5) is 9.99. The molecule has 3 N–H and O–H groups in total. The zero-order valence-electron chi connectivity index (χ0n) is 5.59. The summed E-state index contributed by atoms with van der Waals surface area (Å²) >= 11 is 0. The summed E-state index contributed by atoms with van der Waals surface area (Å²) in [5, 5.41) is 7.80. The van der Waals surface area contributed by atoms with Crippen LogP contribution in [0.15, 0.2) is 0 Å². The Labute approximate surface area is 60.3 Å². The maximum atomic E-state index is 11.7. The number of nitrogens with zero attached hydrogens (tertiary/aromatic N) is 1. The van der Waals surface area contributed by atoms with E-state index in [1.165, 1.54) is 0 Å². The molecule has 0 aromatic heterocycles. The molecule has 1 unspecified atom stereocenters. The van der Waals surface area contributed by atoms with E-state index < -0.39 is 23.3 Å². The van der Waals surface area contributed by atoms with Gasteiger partial charge in [0.2, 0.25) is 0 Å². The van der Waals surface area contributed by atoms with E-state index in [1.54, 1.807) is 0 Å². The van der Waals surface area contributed by atoms with Crippen molar-refractivity contribution in [1.82, 2.24) is 5.06 Å². The topological polar surface area (TPSA) is 66.6 Å². The van der Waals surface area contributed by atoms with Gasteiger partial charge in [-0.25, -0.2) is 4.79 Å². The van der Waals surface area contributed by atoms with Crippen molar-refractivity contribution in [1.29, 1.82) is 0 Å². The second-order valence-corrected chi connectivity index (χ2v) is 1.90. The average molecular weight is 172 g/mol. The zero-order valence-corrected chi connectivity index (χ0v) is 5.59. The Kier molecular flexibility index (Phi) is 2.69. The molecule has 11 heavy (non-hydrogen) atoms. The summed E-state index contributed by atoms with van der Waals surface area (Å²) in [6.07, 6.45) is -4.66. The predicted molar refractivity (Wildman–Crippen MR) is 28.7 cm³/mol. The maximum absolute atomic E-state index is 11.7. The van der Waals surface area contributed by atoms with Gasteiger partial charge in [-0.1, -0.05) is 0 Å². The summed E-state index contributed by atoms with van der Waals surface area (Å²) in [6.45, 7) is 0.616. The van der Waals surface area contributed by atoms with Crippen molar-refractivity contribution in [2.24, 2.45) is 5.73 Å². The quantitative estimate of drug-likeness (QED) is 0.451. The van der Waals surface area contributed by atoms with Gasteiger partial charge in [-0.3, -0.25) is 5.21 Å². The van der Waals surface area contributed by atoms with Crippen molar-refractivity contribution < 1.29 is 23.2 Å². The van der Waals surface area contributed by atoms with E-state index in [9.17, 15) is 18.0 Å². The second kappa shape index (κ2) is 2.95. The molecule has 0 radical (unpaired) electrons. The highest BCUT2D eigenvalue weighted by Crippen LogP contribution is 2.22. The summed E-state index contributed by atoms with van der Waals surface area (Å²) in [5.74, 6) is 0. The van der Waals surface area contributed by atoms with Crippen LogP contribution in [0, 0.1) is 0 Å². The van der Waals surface area contributed by atoms with Gasteiger partial charge < -0.3 is 5.73 Å². The molecule has 0 saturated heterocycles. The van der Waals surface area contributed by atoms with Gasteiger partial charge in [-0.15, -0.1) is 0 Å². The normalized spacial score (nSPS) is 14.3. The van der Waals surface area contributed by atoms with Crippen molar-refractivity contribution in [3.05, 3.63) is 0 Å². The van der Waals surface area contributed by atoms with Crippen molar-refractivity contribution in [3.63, 3.8) is 0 Å². The van der Waals surface area contributed by atoms with Gasteiger partial charge in [0.25, 0.3) is 0 Å². The Morgan fingerprint density at radius 2 is 2.00 bits per heavy atom. The first kappa shape index (κ1) is 10.0. The Morgan fingerprint density at radius 3 is 2.09 bits per heavy atom. The maximum Gasteiger partial charge on any atom is 0.411 e. The Morgan fingerprint density at radius 1 is 1.64 bits per heavy atom. The number of rotatable bonds is 1. The molecule has 2 amide bonds. The van der Waals surface area contributed by atoms with E-state index in [2.05, 4.69) is 5.73 Å². The smallest absolute Gasteiger partial charge is 0.350 e. The third-order valence-corrected chi connectivity index (χ3v) is 1.07. The van der Waals surface area contributed by atoms with Crippen LogP contribution in [0.5, 0.6) is 0 Å². The zero-order chi connectivity index (χ0) is 9.23. The van der Waals surface area contributed by atoms with E-state index in [-0.39, 0.29) is 0 Å². The largest absolute Gasteiger partial charge is 0.411 e. The number of hydroxylamine groups is 2. The highest BCUT2D eigenvalue weighted by Gasteiger charge is 2.41. The molecular formula is C4H7F3N2O2. The molecule has 0 bridgehead atoms. The second-order valence-electron chi connectivity index (χ2n) is 1.90. The third-order valence-electron chi connectivity index (χ3n) is 1.07. The molecule has 0 spiro atoms. The van der Waals surface area contributed by atoms with Crippen LogP contribution in [0.4, 0.5) is 18.0 Å². The number of urea groups is 1. The van der Waals surface area contributed by atoms with Gasteiger partial charge in [0.1, 0.15) is 0 Å². The number of hydrogen-bond acceptors (Lipinski definition) is 2. The van der Waals surface area contributed by atoms with Crippen molar-refractivity contribution in [3.8, 4) is 0 Å². The van der Waals surface area contributed by atoms with Crippen LogP contribution in [0.3, 0.4) is 0 Å². The number of carbonyl (C=O) groups is 1. The molecule has 0 rings (SSSR count). The fourth-order valence-corrected chi connectivity index (χ4v) is 0.330. The number of nitrogens with two attached hydrogens (primary N) is 1. The Balaban J connectivity index is 4.25. The lowest BCUT2D eigenvalue weighted by atomic mass is 10.3. The summed E-state index contributed by atoms with van der Waals surface area (Å²) in [5.41, 5.74) is 4.37. The number of hydrogen-bond donors (Lipinski definition) is 2. The van der Waals surface area contributed by atoms with Crippen LogP contribution in [0.1, 0.15) is 6.92 Å². The monoisotopic (exact) mass is 172 g/mol. The van der Waals surface area contributed by atoms with Crippen LogP contribution in [-0.4, -0.2) is 28.5 Å². The van der Waals surface area contributed by atoms with Crippen molar-refractivity contribution in [2.45, 2.75) is 19.1 Å². The molecule has 0 aromatic carbocycles. The molecule has 4 nitrogen and oxygen atoms in total. The number of amides is 2. The van der Waals surface area contributed by atoms with Crippen LogP contribution < -0.4 is 5.73 Å². The van der Waals surface area contributed by atoms with E-state index in [1.807, 2.05) is 0 Å². The minimum absolute atomic E-state index is 0.569. The van der Waals surface area contributed by atoms with Gasteiger partial charge in [0, 0.05) is 0 Å². The summed E-state index contributed by atoms with van der Waals surface area (Å²) < 4.78 is 35.0. The number of primary amides is 1. The van der Waals surface area contributed by atoms with Gasteiger partial charge in [-0.05, 0) is 6.92 Å². The van der Waals surface area contributed by atoms with E-state index >= 15 is 0 Å². The third kappa shape index (κ3) is 2.62. The molecule has 0 aromatic rings. The lowest BCUT2D eigenvalue weighted by Crippen LogP contribution is -2.47. The summed E-state index contributed by atoms with van der Waals surface area (Å²) in [7, 11) is 0. The molecule has 66 valence electrons. The SMILES string of the molecule is CC(N(O)C(N)=O)C(F)(F)F. The molecule has 0 aliphatic rings. The lowest BCUT2D eigenvalue weighted by molar-refractivity contribution is -0.222. The van der Waals surface area contributed by atoms with Gasteiger partial charge in [-0.2, -0.15) is 18.2 Å². The average Bonchev–Trinajstić information content (AvgIpc) is 1.82. The first-order valence-electron chi connectivity index (χ1n) is 2.61. The van der Waals surface area contributed by atoms with Gasteiger partial charge in [0.15, 0.2) is 6.04 Å². The highest BCUT2D eigenvalue weighted by molar-refractivity contribution is 5.70. The molecule has 0 saturated carbocycles. The molecule has 7 heteroatoms. The lowest BCUT2D eigenvalue weighted by Gasteiger charge is -2.22. The van der Waals surface area contributed by atoms with E-state index in [4.69, 9.17) is 5.21 Å². The standard InChI is InChI=1S/C4H7F3N2O2/c1-2(4(5,6)7)9(11)3(8)10/h2,11H,1H3,(H2,8,10). The molecule has 0 fully saturated rings. The van der Waals surface area contributed by atoms with Crippen LogP contribution >= 0.6 is 0 Å². The van der Waals surface area contributed by atoms with Crippen LogP contribution in [0.25, 0.3) is 0 Å². The van der Waals surface area contributed by atoms with E-state index in [0.717, 1.165) is 0 Å².